The van der Waals surface area contributed by atoms with Gasteiger partial charge in [0.2, 0.25) is 11.8 Å². The second-order valence-electron chi connectivity index (χ2n) is 7.26. The molecule has 2 aliphatic rings. The van der Waals surface area contributed by atoms with Gasteiger partial charge in [-0.1, -0.05) is 6.07 Å². The third-order valence-corrected chi connectivity index (χ3v) is 5.04. The van der Waals surface area contributed by atoms with Crippen LogP contribution in [0.3, 0.4) is 0 Å². The number of pyridine rings is 1. The Kier molecular flexibility index (Phi) is 4.44. The molecule has 7 nitrogen and oxygen atoms in total. The molecule has 136 valence electrons. The molecule has 0 radical (unpaired) electrons. The van der Waals surface area contributed by atoms with E-state index in [4.69, 9.17) is 0 Å². The van der Waals surface area contributed by atoms with E-state index < -0.39 is 0 Å². The molecule has 7 heteroatoms. The Labute approximate surface area is 152 Å². The van der Waals surface area contributed by atoms with Gasteiger partial charge < -0.3 is 9.80 Å². The molecule has 2 aromatic heterocycles. The van der Waals surface area contributed by atoms with Crippen molar-refractivity contribution in [2.75, 3.05) is 6.54 Å². The van der Waals surface area contributed by atoms with Gasteiger partial charge in [0.1, 0.15) is 0 Å². The lowest BCUT2D eigenvalue weighted by atomic mass is 10.1. The number of aryl methyl sites for hydroxylation is 1. The van der Waals surface area contributed by atoms with E-state index in [0.717, 1.165) is 24.0 Å². The summed E-state index contributed by atoms with van der Waals surface area (Å²) >= 11 is 0. The highest BCUT2D eigenvalue weighted by molar-refractivity contribution is 5.89. The van der Waals surface area contributed by atoms with Crippen molar-refractivity contribution in [3.05, 3.63) is 48.0 Å². The van der Waals surface area contributed by atoms with E-state index in [1.54, 1.807) is 28.2 Å². The number of hydrogen-bond acceptors (Lipinski definition) is 4. The maximum absolute atomic E-state index is 13.1. The summed E-state index contributed by atoms with van der Waals surface area (Å²) in [7, 11) is 1.87. The topological polar surface area (TPSA) is 71.3 Å². The van der Waals surface area contributed by atoms with Crippen molar-refractivity contribution >= 4 is 11.8 Å². The summed E-state index contributed by atoms with van der Waals surface area (Å²) in [5.41, 5.74) is 2.02. The van der Waals surface area contributed by atoms with Crippen molar-refractivity contribution in [2.45, 2.75) is 38.4 Å². The normalized spacial score (nSPS) is 19.8. The van der Waals surface area contributed by atoms with E-state index in [1.807, 2.05) is 30.3 Å². The summed E-state index contributed by atoms with van der Waals surface area (Å²) < 4.78 is 1.75. The summed E-state index contributed by atoms with van der Waals surface area (Å²) in [5.74, 6) is -0.112. The molecular formula is C19H23N5O2. The highest BCUT2D eigenvalue weighted by Gasteiger charge is 2.41. The van der Waals surface area contributed by atoms with Crippen molar-refractivity contribution in [1.82, 2.24) is 24.6 Å². The predicted molar refractivity (Wildman–Crippen MR) is 94.5 cm³/mol. The molecule has 26 heavy (non-hydrogen) atoms. The molecule has 0 bridgehead atoms. The number of aromatic nitrogens is 3. The first-order valence-electron chi connectivity index (χ1n) is 9.05. The van der Waals surface area contributed by atoms with Crippen LogP contribution in [0.4, 0.5) is 0 Å². The molecule has 1 atom stereocenters. The summed E-state index contributed by atoms with van der Waals surface area (Å²) in [4.78, 5) is 33.3. The lowest BCUT2D eigenvalue weighted by Crippen LogP contribution is -2.38. The molecule has 4 rings (SSSR count). The van der Waals surface area contributed by atoms with Crippen molar-refractivity contribution in [2.24, 2.45) is 13.0 Å². The fourth-order valence-corrected chi connectivity index (χ4v) is 3.56. The maximum Gasteiger partial charge on any atom is 0.228 e. The lowest BCUT2D eigenvalue weighted by molar-refractivity contribution is -0.137. The zero-order valence-electron chi connectivity index (χ0n) is 14.9. The summed E-state index contributed by atoms with van der Waals surface area (Å²) in [6.07, 6.45) is 9.62. The van der Waals surface area contributed by atoms with Crippen LogP contribution in [-0.4, -0.2) is 49.0 Å². The van der Waals surface area contributed by atoms with E-state index in [0.29, 0.717) is 32.1 Å². The van der Waals surface area contributed by atoms with Gasteiger partial charge in [-0.25, -0.2) is 0 Å². The van der Waals surface area contributed by atoms with Gasteiger partial charge in [0.05, 0.1) is 12.1 Å². The first kappa shape index (κ1) is 16.8. The fourth-order valence-electron chi connectivity index (χ4n) is 3.56. The van der Waals surface area contributed by atoms with Gasteiger partial charge >= 0.3 is 0 Å². The van der Waals surface area contributed by atoms with E-state index in [-0.39, 0.29) is 17.7 Å². The van der Waals surface area contributed by atoms with Gasteiger partial charge in [0.15, 0.2) is 0 Å². The first-order chi connectivity index (χ1) is 12.6. The van der Waals surface area contributed by atoms with Crippen molar-refractivity contribution in [1.29, 1.82) is 0 Å². The fraction of sp³-hybridized carbons (Fsp3) is 0.474. The number of amides is 2. The molecule has 1 saturated carbocycles. The SMILES string of the molecule is Cn1cc(CN(C(=O)[C@H]2CC(=O)N(Cc3cccnc3)C2)C2CC2)cn1. The first-order valence-corrected chi connectivity index (χ1v) is 9.05. The molecule has 0 N–H and O–H groups in total. The van der Waals surface area contributed by atoms with Crippen LogP contribution in [-0.2, 0) is 29.7 Å². The van der Waals surface area contributed by atoms with Gasteiger partial charge in [-0.3, -0.25) is 19.3 Å². The molecule has 2 fully saturated rings. The smallest absolute Gasteiger partial charge is 0.228 e. The van der Waals surface area contributed by atoms with Crippen molar-refractivity contribution in [3.63, 3.8) is 0 Å². The minimum absolute atomic E-state index is 0.0457. The Morgan fingerprint density at radius 3 is 2.81 bits per heavy atom. The van der Waals surface area contributed by atoms with Gasteiger partial charge in [0, 0.05) is 63.3 Å². The minimum atomic E-state index is -0.253. The number of rotatable bonds is 6. The van der Waals surface area contributed by atoms with E-state index in [9.17, 15) is 9.59 Å². The molecule has 0 unspecified atom stereocenters. The number of nitrogens with zero attached hydrogens (tertiary/aromatic N) is 5. The molecular weight excluding hydrogens is 330 g/mol. The van der Waals surface area contributed by atoms with Crippen molar-refractivity contribution < 1.29 is 9.59 Å². The van der Waals surface area contributed by atoms with Crippen LogP contribution in [0.5, 0.6) is 0 Å². The summed E-state index contributed by atoms with van der Waals surface area (Å²) in [6.45, 7) is 1.58. The van der Waals surface area contributed by atoms with Crippen LogP contribution in [0.25, 0.3) is 0 Å². The van der Waals surface area contributed by atoms with Crippen molar-refractivity contribution in [3.8, 4) is 0 Å². The van der Waals surface area contributed by atoms with Gasteiger partial charge in [-0.2, -0.15) is 5.10 Å². The zero-order valence-corrected chi connectivity index (χ0v) is 14.9. The number of likely N-dealkylation sites (tertiary alicyclic amines) is 1. The Hall–Kier alpha value is -2.70. The van der Waals surface area contributed by atoms with Crippen LogP contribution >= 0.6 is 0 Å². The minimum Gasteiger partial charge on any atom is -0.337 e. The van der Waals surface area contributed by atoms with Crippen LogP contribution in [0.15, 0.2) is 36.9 Å². The third kappa shape index (κ3) is 3.61. The number of hydrogen-bond donors (Lipinski definition) is 0. The van der Waals surface area contributed by atoms with Crippen LogP contribution in [0.2, 0.25) is 0 Å². The molecule has 3 heterocycles. The van der Waals surface area contributed by atoms with Gasteiger partial charge in [-0.15, -0.1) is 0 Å². The Bertz CT molecular complexity index is 799. The van der Waals surface area contributed by atoms with Gasteiger partial charge in [0.25, 0.3) is 0 Å². The standard InChI is InChI=1S/C19H23N5O2/c1-22-10-15(9-21-22)12-24(17-4-5-17)19(26)16-7-18(25)23(13-16)11-14-3-2-6-20-8-14/h2-3,6,8-10,16-17H,4-5,7,11-13H2,1H3/t16-/m0/s1. The number of carbonyl (C=O) groups excluding carboxylic acids is 2. The third-order valence-electron chi connectivity index (χ3n) is 5.04. The summed E-state index contributed by atoms with van der Waals surface area (Å²) in [5, 5.41) is 4.19. The Morgan fingerprint density at radius 2 is 2.15 bits per heavy atom. The van der Waals surface area contributed by atoms with Crippen LogP contribution in [0.1, 0.15) is 30.4 Å². The lowest BCUT2D eigenvalue weighted by Gasteiger charge is -2.25. The average molecular weight is 353 g/mol. The highest BCUT2D eigenvalue weighted by Crippen LogP contribution is 2.32. The molecule has 2 amide bonds. The van der Waals surface area contributed by atoms with Crippen LogP contribution < -0.4 is 0 Å². The second kappa shape index (κ2) is 6.90. The van der Waals surface area contributed by atoms with E-state index in [1.165, 1.54) is 0 Å². The molecule has 0 aromatic carbocycles. The Morgan fingerprint density at radius 1 is 1.31 bits per heavy atom. The van der Waals surface area contributed by atoms with E-state index >= 15 is 0 Å². The number of carbonyl (C=O) groups is 2. The predicted octanol–water partition coefficient (Wildman–Crippen LogP) is 1.35. The zero-order chi connectivity index (χ0) is 18.1. The maximum atomic E-state index is 13.1. The monoisotopic (exact) mass is 353 g/mol. The average Bonchev–Trinajstić information content (AvgIpc) is 3.30. The molecule has 2 aromatic rings. The Balaban J connectivity index is 1.42. The molecule has 1 saturated heterocycles. The molecule has 0 spiro atoms. The van der Waals surface area contributed by atoms with Crippen LogP contribution in [0, 0.1) is 5.92 Å². The molecule has 1 aliphatic heterocycles. The quantitative estimate of drug-likeness (QED) is 0.786. The van der Waals surface area contributed by atoms with E-state index in [2.05, 4.69) is 10.1 Å². The largest absolute Gasteiger partial charge is 0.337 e. The summed E-state index contributed by atoms with van der Waals surface area (Å²) in [6, 6.07) is 4.13. The second-order valence-corrected chi connectivity index (χ2v) is 7.26. The van der Waals surface area contributed by atoms with Gasteiger partial charge in [-0.05, 0) is 24.5 Å². The molecule has 1 aliphatic carbocycles. The highest BCUT2D eigenvalue weighted by atomic mass is 16.2.